The Hall–Kier alpha value is -2.44. The highest BCUT2D eigenvalue weighted by molar-refractivity contribution is 5.56. The zero-order valence-corrected chi connectivity index (χ0v) is 13.0. The van der Waals surface area contributed by atoms with Crippen molar-refractivity contribution >= 4 is 5.69 Å². The van der Waals surface area contributed by atoms with Crippen molar-refractivity contribution in [1.29, 1.82) is 0 Å². The Bertz CT molecular complexity index is 886. The maximum atomic E-state index is 13.6. The molecule has 0 fully saturated rings. The Labute approximate surface area is 131 Å². The fourth-order valence-electron chi connectivity index (χ4n) is 2.94. The molecule has 7 heteroatoms. The second-order valence-corrected chi connectivity index (χ2v) is 5.79. The van der Waals surface area contributed by atoms with E-state index in [2.05, 4.69) is 0 Å². The number of benzene rings is 1. The van der Waals surface area contributed by atoms with Gasteiger partial charge in [-0.05, 0) is 24.5 Å². The summed E-state index contributed by atoms with van der Waals surface area (Å²) in [5, 5.41) is 0. The van der Waals surface area contributed by atoms with E-state index in [0.717, 1.165) is 16.6 Å². The summed E-state index contributed by atoms with van der Waals surface area (Å²) in [4.78, 5) is 25.7. The van der Waals surface area contributed by atoms with Crippen LogP contribution in [0.1, 0.15) is 17.7 Å². The van der Waals surface area contributed by atoms with Crippen molar-refractivity contribution in [3.8, 4) is 0 Å². The van der Waals surface area contributed by atoms with Gasteiger partial charge in [-0.3, -0.25) is 13.9 Å². The Kier molecular flexibility index (Phi) is 3.79. The predicted octanol–water partition coefficient (Wildman–Crippen LogP) is 1.31. The molecule has 0 bridgehead atoms. The van der Waals surface area contributed by atoms with Crippen molar-refractivity contribution in [2.45, 2.75) is 19.4 Å². The van der Waals surface area contributed by atoms with Crippen LogP contribution in [0.4, 0.5) is 14.5 Å². The molecule has 2 heterocycles. The molecule has 1 aliphatic heterocycles. The SMILES string of the molecule is Cn1c(CN2CCCc3cc(F)c(F)cc32)cc(=O)n(C)c1=O. The minimum atomic E-state index is -0.895. The van der Waals surface area contributed by atoms with Crippen LogP contribution in [0.2, 0.25) is 0 Å². The van der Waals surface area contributed by atoms with Gasteiger partial charge in [-0.2, -0.15) is 0 Å². The second kappa shape index (κ2) is 5.64. The predicted molar refractivity (Wildman–Crippen MR) is 82.7 cm³/mol. The molecule has 0 atom stereocenters. The number of aromatic nitrogens is 2. The first-order chi connectivity index (χ1) is 10.9. The minimum absolute atomic E-state index is 0.292. The molecular formula is C16H17F2N3O2. The number of hydrogen-bond donors (Lipinski definition) is 0. The van der Waals surface area contributed by atoms with E-state index >= 15 is 0 Å². The lowest BCUT2D eigenvalue weighted by Crippen LogP contribution is -2.40. The quantitative estimate of drug-likeness (QED) is 0.838. The highest BCUT2D eigenvalue weighted by Gasteiger charge is 2.21. The Morgan fingerprint density at radius 2 is 1.74 bits per heavy atom. The maximum absolute atomic E-state index is 13.6. The fraction of sp³-hybridized carbons (Fsp3) is 0.375. The van der Waals surface area contributed by atoms with Crippen molar-refractivity contribution in [1.82, 2.24) is 9.13 Å². The number of halogens is 2. The van der Waals surface area contributed by atoms with Gasteiger partial charge in [0.05, 0.1) is 6.54 Å². The van der Waals surface area contributed by atoms with Gasteiger partial charge in [-0.1, -0.05) is 0 Å². The molecule has 0 radical (unpaired) electrons. The smallest absolute Gasteiger partial charge is 0.330 e. The fourth-order valence-corrected chi connectivity index (χ4v) is 2.94. The van der Waals surface area contributed by atoms with E-state index in [9.17, 15) is 18.4 Å². The molecular weight excluding hydrogens is 304 g/mol. The van der Waals surface area contributed by atoms with Gasteiger partial charge in [0, 0.05) is 44.2 Å². The van der Waals surface area contributed by atoms with Crippen molar-refractivity contribution < 1.29 is 8.78 Å². The molecule has 0 N–H and O–H groups in total. The molecule has 3 rings (SSSR count). The lowest BCUT2D eigenvalue weighted by Gasteiger charge is -2.31. The average molecular weight is 321 g/mol. The largest absolute Gasteiger partial charge is 0.365 e. The number of nitrogens with zero attached hydrogens (tertiary/aromatic N) is 3. The van der Waals surface area contributed by atoms with Gasteiger partial charge in [0.1, 0.15) is 0 Å². The monoisotopic (exact) mass is 321 g/mol. The third-order valence-corrected chi connectivity index (χ3v) is 4.31. The first-order valence-electron chi connectivity index (χ1n) is 7.37. The van der Waals surface area contributed by atoms with Gasteiger partial charge in [0.25, 0.3) is 5.56 Å². The Morgan fingerprint density at radius 3 is 2.48 bits per heavy atom. The highest BCUT2D eigenvalue weighted by atomic mass is 19.2. The molecule has 1 aromatic heterocycles. The summed E-state index contributed by atoms with van der Waals surface area (Å²) in [6.07, 6.45) is 1.48. The summed E-state index contributed by atoms with van der Waals surface area (Å²) in [6.45, 7) is 0.946. The summed E-state index contributed by atoms with van der Waals surface area (Å²) >= 11 is 0. The summed E-state index contributed by atoms with van der Waals surface area (Å²) in [5.74, 6) is -1.75. The molecule has 2 aromatic rings. The molecule has 0 spiro atoms. The normalized spacial score (nSPS) is 14.0. The average Bonchev–Trinajstić information content (AvgIpc) is 2.52. The third kappa shape index (κ3) is 2.67. The summed E-state index contributed by atoms with van der Waals surface area (Å²) in [7, 11) is 3.01. The number of anilines is 1. The molecule has 5 nitrogen and oxygen atoms in total. The Morgan fingerprint density at radius 1 is 1.04 bits per heavy atom. The molecule has 0 saturated carbocycles. The minimum Gasteiger partial charge on any atom is -0.365 e. The van der Waals surface area contributed by atoms with Crippen LogP contribution in [0.5, 0.6) is 0 Å². The first kappa shape index (κ1) is 15.5. The summed E-state index contributed by atoms with van der Waals surface area (Å²) < 4.78 is 29.4. The topological polar surface area (TPSA) is 47.2 Å². The molecule has 122 valence electrons. The van der Waals surface area contributed by atoms with E-state index in [1.807, 2.05) is 4.90 Å². The van der Waals surface area contributed by atoms with Crippen LogP contribution in [-0.4, -0.2) is 15.7 Å². The van der Waals surface area contributed by atoms with E-state index in [4.69, 9.17) is 0 Å². The zero-order chi connectivity index (χ0) is 16.7. The lowest BCUT2D eigenvalue weighted by atomic mass is 10.0. The van der Waals surface area contributed by atoms with Gasteiger partial charge < -0.3 is 4.90 Å². The van der Waals surface area contributed by atoms with E-state index < -0.39 is 17.3 Å². The molecule has 1 aliphatic rings. The van der Waals surface area contributed by atoms with Crippen LogP contribution in [0.15, 0.2) is 27.8 Å². The van der Waals surface area contributed by atoms with Crippen LogP contribution in [-0.2, 0) is 27.1 Å². The summed E-state index contributed by atoms with van der Waals surface area (Å²) in [5.41, 5.74) is 1.10. The zero-order valence-electron chi connectivity index (χ0n) is 13.0. The van der Waals surface area contributed by atoms with E-state index in [1.54, 1.807) is 7.05 Å². The second-order valence-electron chi connectivity index (χ2n) is 5.79. The van der Waals surface area contributed by atoms with Gasteiger partial charge in [-0.25, -0.2) is 13.6 Å². The van der Waals surface area contributed by atoms with Crippen molar-refractivity contribution in [3.05, 3.63) is 61.9 Å². The number of fused-ring (bicyclic) bond motifs is 1. The highest BCUT2D eigenvalue weighted by Crippen LogP contribution is 2.30. The molecule has 0 aliphatic carbocycles. The maximum Gasteiger partial charge on any atom is 0.330 e. The first-order valence-corrected chi connectivity index (χ1v) is 7.37. The van der Waals surface area contributed by atoms with Gasteiger partial charge >= 0.3 is 5.69 Å². The molecule has 23 heavy (non-hydrogen) atoms. The van der Waals surface area contributed by atoms with Crippen LogP contribution in [0, 0.1) is 11.6 Å². The van der Waals surface area contributed by atoms with E-state index in [0.29, 0.717) is 30.9 Å². The third-order valence-electron chi connectivity index (χ3n) is 4.31. The van der Waals surface area contributed by atoms with E-state index in [-0.39, 0.29) is 5.56 Å². The van der Waals surface area contributed by atoms with Gasteiger partial charge in [0.2, 0.25) is 0 Å². The molecule has 1 aromatic carbocycles. The van der Waals surface area contributed by atoms with Crippen molar-refractivity contribution in [3.63, 3.8) is 0 Å². The van der Waals surface area contributed by atoms with Crippen LogP contribution >= 0.6 is 0 Å². The van der Waals surface area contributed by atoms with Crippen molar-refractivity contribution in [2.24, 2.45) is 14.1 Å². The van der Waals surface area contributed by atoms with Crippen LogP contribution in [0.3, 0.4) is 0 Å². The standard InChI is InChI=1S/C16H17F2N3O2/c1-19-11(7-15(22)20(2)16(19)23)9-21-5-3-4-10-6-12(17)13(18)8-14(10)21/h6-8H,3-5,9H2,1-2H3. The molecule has 0 amide bonds. The van der Waals surface area contributed by atoms with E-state index in [1.165, 1.54) is 29.8 Å². The summed E-state index contributed by atoms with van der Waals surface area (Å²) in [6, 6.07) is 3.80. The molecule has 0 saturated heterocycles. The van der Waals surface area contributed by atoms with Crippen LogP contribution in [0.25, 0.3) is 0 Å². The molecule has 0 unspecified atom stereocenters. The Balaban J connectivity index is 2.02. The van der Waals surface area contributed by atoms with Gasteiger partial charge in [-0.15, -0.1) is 0 Å². The lowest BCUT2D eigenvalue weighted by molar-refractivity contribution is 0.504. The number of hydrogen-bond acceptors (Lipinski definition) is 3. The number of rotatable bonds is 2. The van der Waals surface area contributed by atoms with Crippen LogP contribution < -0.4 is 16.1 Å². The van der Waals surface area contributed by atoms with Gasteiger partial charge in [0.15, 0.2) is 11.6 Å². The number of aryl methyl sites for hydroxylation is 1. The van der Waals surface area contributed by atoms with Crippen molar-refractivity contribution in [2.75, 3.05) is 11.4 Å².